The standard InChI is InChI=1S/C11H13ClO2/c1-2-10(13)5-3-8-7-9(12)4-6-11(8)14/h2,4,6-7,10,13-14H,1,3,5H2. The number of hydrogen-bond donors (Lipinski definition) is 2. The molecule has 0 radical (unpaired) electrons. The Morgan fingerprint density at radius 3 is 2.86 bits per heavy atom. The van der Waals surface area contributed by atoms with Crippen molar-refractivity contribution in [1.82, 2.24) is 0 Å². The zero-order valence-electron chi connectivity index (χ0n) is 7.78. The number of aryl methyl sites for hydroxylation is 1. The highest BCUT2D eigenvalue weighted by Crippen LogP contribution is 2.23. The summed E-state index contributed by atoms with van der Waals surface area (Å²) in [5.74, 6) is 0.214. The van der Waals surface area contributed by atoms with E-state index in [1.54, 1.807) is 18.2 Å². The molecule has 0 aliphatic carbocycles. The Labute approximate surface area is 88.5 Å². The third-order valence-corrected chi connectivity index (χ3v) is 2.26. The van der Waals surface area contributed by atoms with Gasteiger partial charge in [-0.1, -0.05) is 17.7 Å². The molecular weight excluding hydrogens is 200 g/mol. The van der Waals surface area contributed by atoms with E-state index in [0.717, 1.165) is 5.56 Å². The Bertz CT molecular complexity index is 323. The average molecular weight is 213 g/mol. The number of aliphatic hydroxyl groups is 1. The molecule has 0 spiro atoms. The zero-order chi connectivity index (χ0) is 10.6. The lowest BCUT2D eigenvalue weighted by atomic mass is 10.1. The first-order valence-electron chi connectivity index (χ1n) is 4.41. The van der Waals surface area contributed by atoms with Crippen LogP contribution in [0.25, 0.3) is 0 Å². The summed E-state index contributed by atoms with van der Waals surface area (Å²) < 4.78 is 0. The first kappa shape index (κ1) is 11.1. The molecule has 1 aromatic carbocycles. The minimum atomic E-state index is -0.534. The Balaban J connectivity index is 2.66. The van der Waals surface area contributed by atoms with Crippen LogP contribution in [0.2, 0.25) is 5.02 Å². The second-order valence-corrected chi connectivity index (χ2v) is 3.55. The minimum Gasteiger partial charge on any atom is -0.508 e. The second kappa shape index (κ2) is 5.03. The van der Waals surface area contributed by atoms with Gasteiger partial charge in [-0.3, -0.25) is 0 Å². The van der Waals surface area contributed by atoms with Gasteiger partial charge >= 0.3 is 0 Å². The van der Waals surface area contributed by atoms with E-state index in [1.165, 1.54) is 6.08 Å². The molecule has 1 rings (SSSR count). The second-order valence-electron chi connectivity index (χ2n) is 3.11. The molecule has 2 nitrogen and oxygen atoms in total. The van der Waals surface area contributed by atoms with Crippen molar-refractivity contribution in [2.45, 2.75) is 18.9 Å². The van der Waals surface area contributed by atoms with Gasteiger partial charge in [0.15, 0.2) is 0 Å². The molecule has 3 heteroatoms. The lowest BCUT2D eigenvalue weighted by Gasteiger charge is -2.07. The van der Waals surface area contributed by atoms with Crippen LogP contribution in [0.15, 0.2) is 30.9 Å². The molecule has 0 aromatic heterocycles. The fourth-order valence-corrected chi connectivity index (χ4v) is 1.37. The predicted octanol–water partition coefficient (Wildman–Crippen LogP) is 2.53. The molecule has 0 aliphatic rings. The Morgan fingerprint density at radius 1 is 1.50 bits per heavy atom. The van der Waals surface area contributed by atoms with Crippen LogP contribution in [0.3, 0.4) is 0 Å². The van der Waals surface area contributed by atoms with Crippen molar-refractivity contribution in [3.63, 3.8) is 0 Å². The molecule has 76 valence electrons. The third kappa shape index (κ3) is 3.05. The number of aromatic hydroxyl groups is 1. The summed E-state index contributed by atoms with van der Waals surface area (Å²) in [6.07, 6.45) is 2.06. The van der Waals surface area contributed by atoms with Crippen LogP contribution in [0, 0.1) is 0 Å². The Hall–Kier alpha value is -0.990. The van der Waals surface area contributed by atoms with E-state index in [9.17, 15) is 10.2 Å². The highest BCUT2D eigenvalue weighted by atomic mass is 35.5. The van der Waals surface area contributed by atoms with Crippen molar-refractivity contribution in [3.8, 4) is 5.75 Å². The molecule has 14 heavy (non-hydrogen) atoms. The fraction of sp³-hybridized carbons (Fsp3) is 0.273. The van der Waals surface area contributed by atoms with Crippen molar-refractivity contribution < 1.29 is 10.2 Å². The lowest BCUT2D eigenvalue weighted by Crippen LogP contribution is -2.03. The van der Waals surface area contributed by atoms with Gasteiger partial charge in [-0.2, -0.15) is 0 Å². The third-order valence-electron chi connectivity index (χ3n) is 2.02. The molecule has 0 fully saturated rings. The summed E-state index contributed by atoms with van der Waals surface area (Å²) in [6.45, 7) is 3.47. The highest BCUT2D eigenvalue weighted by molar-refractivity contribution is 6.30. The van der Waals surface area contributed by atoms with Crippen LogP contribution >= 0.6 is 11.6 Å². The van der Waals surface area contributed by atoms with E-state index >= 15 is 0 Å². The Morgan fingerprint density at radius 2 is 2.21 bits per heavy atom. The van der Waals surface area contributed by atoms with Crippen LogP contribution in [0.4, 0.5) is 0 Å². The van der Waals surface area contributed by atoms with Gasteiger partial charge in [0.25, 0.3) is 0 Å². The van der Waals surface area contributed by atoms with Gasteiger partial charge in [0.1, 0.15) is 5.75 Å². The van der Waals surface area contributed by atoms with Crippen LogP contribution in [0.5, 0.6) is 5.75 Å². The number of hydrogen-bond acceptors (Lipinski definition) is 2. The topological polar surface area (TPSA) is 40.5 Å². The van der Waals surface area contributed by atoms with Gasteiger partial charge < -0.3 is 10.2 Å². The number of benzene rings is 1. The van der Waals surface area contributed by atoms with Crippen LogP contribution in [0.1, 0.15) is 12.0 Å². The highest BCUT2D eigenvalue weighted by Gasteiger charge is 2.04. The maximum Gasteiger partial charge on any atom is 0.118 e. The van der Waals surface area contributed by atoms with E-state index in [2.05, 4.69) is 6.58 Å². The lowest BCUT2D eigenvalue weighted by molar-refractivity contribution is 0.213. The Kier molecular flexibility index (Phi) is 3.98. The molecule has 0 saturated heterocycles. The average Bonchev–Trinajstić information content (AvgIpc) is 2.19. The van der Waals surface area contributed by atoms with Gasteiger partial charge in [-0.25, -0.2) is 0 Å². The van der Waals surface area contributed by atoms with E-state index < -0.39 is 6.10 Å². The number of phenolic OH excluding ortho intramolecular Hbond substituents is 1. The molecule has 2 N–H and O–H groups in total. The number of halogens is 1. The molecule has 0 heterocycles. The van der Waals surface area contributed by atoms with E-state index in [-0.39, 0.29) is 5.75 Å². The smallest absolute Gasteiger partial charge is 0.118 e. The van der Waals surface area contributed by atoms with Crippen molar-refractivity contribution >= 4 is 11.6 Å². The molecule has 1 aromatic rings. The molecule has 0 amide bonds. The van der Waals surface area contributed by atoms with Crippen molar-refractivity contribution in [3.05, 3.63) is 41.4 Å². The number of phenols is 1. The monoisotopic (exact) mass is 212 g/mol. The van der Waals surface area contributed by atoms with Crippen LogP contribution in [-0.4, -0.2) is 16.3 Å². The van der Waals surface area contributed by atoms with Gasteiger partial charge in [-0.05, 0) is 36.6 Å². The number of aliphatic hydroxyl groups excluding tert-OH is 1. The summed E-state index contributed by atoms with van der Waals surface area (Å²) in [5.41, 5.74) is 0.749. The van der Waals surface area contributed by atoms with Crippen LogP contribution < -0.4 is 0 Å². The summed E-state index contributed by atoms with van der Waals surface area (Å²) in [6, 6.07) is 4.88. The molecular formula is C11H13ClO2. The van der Waals surface area contributed by atoms with Gasteiger partial charge in [0, 0.05) is 5.02 Å². The number of rotatable bonds is 4. The summed E-state index contributed by atoms with van der Waals surface area (Å²) in [4.78, 5) is 0. The normalized spacial score (nSPS) is 12.4. The first-order chi connectivity index (χ1) is 6.63. The van der Waals surface area contributed by atoms with E-state index in [4.69, 9.17) is 11.6 Å². The van der Waals surface area contributed by atoms with Gasteiger partial charge in [0.05, 0.1) is 6.10 Å². The summed E-state index contributed by atoms with van der Waals surface area (Å²) in [7, 11) is 0. The molecule has 0 aliphatic heterocycles. The first-order valence-corrected chi connectivity index (χ1v) is 4.79. The molecule has 0 bridgehead atoms. The summed E-state index contributed by atoms with van der Waals surface area (Å²) in [5, 5.41) is 19.3. The van der Waals surface area contributed by atoms with Crippen molar-refractivity contribution in [1.29, 1.82) is 0 Å². The largest absolute Gasteiger partial charge is 0.508 e. The van der Waals surface area contributed by atoms with E-state index in [1.807, 2.05) is 0 Å². The molecule has 0 saturated carbocycles. The maximum absolute atomic E-state index is 9.45. The summed E-state index contributed by atoms with van der Waals surface area (Å²) >= 11 is 5.77. The van der Waals surface area contributed by atoms with Crippen molar-refractivity contribution in [2.24, 2.45) is 0 Å². The predicted molar refractivity (Wildman–Crippen MR) is 57.6 cm³/mol. The quantitative estimate of drug-likeness (QED) is 0.753. The van der Waals surface area contributed by atoms with Crippen molar-refractivity contribution in [2.75, 3.05) is 0 Å². The fourth-order valence-electron chi connectivity index (χ4n) is 1.18. The zero-order valence-corrected chi connectivity index (χ0v) is 8.54. The molecule has 1 unspecified atom stereocenters. The minimum absolute atomic E-state index is 0.214. The SMILES string of the molecule is C=CC(O)CCc1cc(Cl)ccc1O. The van der Waals surface area contributed by atoms with E-state index in [0.29, 0.717) is 17.9 Å². The van der Waals surface area contributed by atoms with Gasteiger partial charge in [-0.15, -0.1) is 6.58 Å². The van der Waals surface area contributed by atoms with Crippen LogP contribution in [-0.2, 0) is 6.42 Å². The molecule has 1 atom stereocenters. The maximum atomic E-state index is 9.45. The van der Waals surface area contributed by atoms with Gasteiger partial charge in [0.2, 0.25) is 0 Å².